The first kappa shape index (κ1) is 38.3. The summed E-state index contributed by atoms with van der Waals surface area (Å²) in [4.78, 5) is 31.8. The first-order valence-electron chi connectivity index (χ1n) is 18.8. The Labute approximate surface area is 316 Å². The Hall–Kier alpha value is -4.45. The average molecular weight is 737 g/mol. The summed E-state index contributed by atoms with van der Waals surface area (Å²) >= 11 is 0. The van der Waals surface area contributed by atoms with Gasteiger partial charge in [0.15, 0.2) is 8.32 Å². The van der Waals surface area contributed by atoms with E-state index in [1.807, 2.05) is 37.2 Å². The minimum Gasteiger partial charge on any atom is -0.489 e. The van der Waals surface area contributed by atoms with Gasteiger partial charge in [0.1, 0.15) is 24.8 Å². The quantitative estimate of drug-likeness (QED) is 0.107. The molecule has 10 nitrogen and oxygen atoms in total. The summed E-state index contributed by atoms with van der Waals surface area (Å²) in [6.45, 7) is 20.4. The zero-order valence-corrected chi connectivity index (χ0v) is 33.6. The molecule has 3 heterocycles. The van der Waals surface area contributed by atoms with Crippen LogP contribution >= 0.6 is 0 Å². The number of anilines is 2. The Kier molecular flexibility index (Phi) is 11.8. The number of aromatic nitrogens is 2. The van der Waals surface area contributed by atoms with Crippen molar-refractivity contribution in [3.8, 4) is 11.8 Å². The van der Waals surface area contributed by atoms with Gasteiger partial charge in [-0.1, -0.05) is 81.9 Å². The van der Waals surface area contributed by atoms with Crippen molar-refractivity contribution in [1.82, 2.24) is 19.8 Å². The maximum absolute atomic E-state index is 12.9. The maximum Gasteiger partial charge on any atom is 0.318 e. The lowest BCUT2D eigenvalue weighted by Crippen LogP contribution is -2.58. The van der Waals surface area contributed by atoms with Crippen LogP contribution in [0.3, 0.4) is 0 Å². The number of likely N-dealkylation sites (N-methyl/N-ethyl adjacent to an activating group) is 1. The zero-order chi connectivity index (χ0) is 37.8. The van der Waals surface area contributed by atoms with E-state index in [1.165, 1.54) is 11.5 Å². The fourth-order valence-electron chi connectivity index (χ4n) is 6.69. The van der Waals surface area contributed by atoms with Crippen molar-refractivity contribution in [1.29, 1.82) is 0 Å². The number of carbonyl (C=O) groups excluding carboxylic acids is 1. The summed E-state index contributed by atoms with van der Waals surface area (Å²) in [6.07, 6.45) is 2.17. The topological polar surface area (TPSA) is 83.5 Å². The summed E-state index contributed by atoms with van der Waals surface area (Å²) in [6, 6.07) is 23.3. The van der Waals surface area contributed by atoms with Crippen molar-refractivity contribution in [2.45, 2.75) is 64.5 Å². The van der Waals surface area contributed by atoms with E-state index in [0.29, 0.717) is 52.0 Å². The van der Waals surface area contributed by atoms with Crippen LogP contribution in [0.25, 0.3) is 10.8 Å². The minimum absolute atomic E-state index is 0.0577. The molecule has 2 aliphatic heterocycles. The van der Waals surface area contributed by atoms with Crippen molar-refractivity contribution in [3.05, 3.63) is 96.2 Å². The van der Waals surface area contributed by atoms with Gasteiger partial charge in [0.25, 0.3) is 0 Å². The van der Waals surface area contributed by atoms with Crippen molar-refractivity contribution in [2.75, 3.05) is 69.8 Å². The fraction of sp³-hybridized carbons (Fsp3) is 0.452. The smallest absolute Gasteiger partial charge is 0.318 e. The van der Waals surface area contributed by atoms with Gasteiger partial charge in [0, 0.05) is 55.4 Å². The molecule has 6 rings (SSSR count). The number of piperazine rings is 1. The molecule has 0 aliphatic carbocycles. The molecule has 11 heteroatoms. The molecule has 0 N–H and O–H groups in total. The fourth-order valence-corrected chi connectivity index (χ4v) is 7.73. The van der Waals surface area contributed by atoms with Gasteiger partial charge in [-0.3, -0.25) is 4.79 Å². The van der Waals surface area contributed by atoms with Gasteiger partial charge in [-0.15, -0.1) is 0 Å². The third-order valence-electron chi connectivity index (χ3n) is 10.9. The second kappa shape index (κ2) is 16.3. The minimum atomic E-state index is -2.07. The molecular formula is C42H56N6O4Si. The normalized spacial score (nSPS) is 16.5. The summed E-state index contributed by atoms with van der Waals surface area (Å²) in [5.41, 5.74) is 4.32. The van der Waals surface area contributed by atoms with Gasteiger partial charge in [-0.05, 0) is 61.7 Å². The largest absolute Gasteiger partial charge is 0.489 e. The third kappa shape index (κ3) is 9.02. The molecule has 2 aliphatic rings. The van der Waals surface area contributed by atoms with E-state index < -0.39 is 8.32 Å². The average Bonchev–Trinajstić information content (AvgIpc) is 3.14. The summed E-state index contributed by atoms with van der Waals surface area (Å²) in [5.74, 6) is 1.66. The van der Waals surface area contributed by atoms with Crippen LogP contribution in [0, 0.1) is 0 Å². The Morgan fingerprint density at radius 2 is 1.75 bits per heavy atom. The molecule has 53 heavy (non-hydrogen) atoms. The van der Waals surface area contributed by atoms with Crippen molar-refractivity contribution < 1.29 is 18.7 Å². The highest BCUT2D eigenvalue weighted by atomic mass is 28.4. The number of hydrogen-bond acceptors (Lipinski definition) is 9. The molecule has 1 aromatic heterocycles. The predicted molar refractivity (Wildman–Crippen MR) is 217 cm³/mol. The maximum atomic E-state index is 12.9. The van der Waals surface area contributed by atoms with Gasteiger partial charge in [-0.25, -0.2) is 0 Å². The van der Waals surface area contributed by atoms with E-state index in [1.54, 1.807) is 0 Å². The number of nitrogens with zero attached hydrogens (tertiary/aromatic N) is 6. The van der Waals surface area contributed by atoms with Gasteiger partial charge in [-0.2, -0.15) is 9.97 Å². The monoisotopic (exact) mass is 736 g/mol. The summed E-state index contributed by atoms with van der Waals surface area (Å²) in [7, 11) is 1.98. The highest BCUT2D eigenvalue weighted by Crippen LogP contribution is 2.39. The summed E-state index contributed by atoms with van der Waals surface area (Å²) < 4.78 is 19.4. The molecule has 1 unspecified atom stereocenters. The first-order chi connectivity index (χ1) is 25.3. The van der Waals surface area contributed by atoms with Gasteiger partial charge < -0.3 is 33.5 Å². The lowest BCUT2D eigenvalue weighted by Gasteiger charge is -2.45. The summed E-state index contributed by atoms with van der Waals surface area (Å²) in [5, 5.41) is 2.36. The number of carbonyl (C=O) groups is 1. The standard InChI is InChI=1S/C42H56N6O4Si/c1-9-39(49)47-21-22-48(33(27-47)30-52-53(7,8)42(2,3)4)40-36-19-20-46(28-37(36)43-41(44-40)50-24-23-45(5)6)38-26-34(25-32-17-13-14-18-35(32)38)51-29-31-15-11-10-12-16-31/h9-18,25-26,33H,1,19-24,27-30H2,2-8H3. The van der Waals surface area contributed by atoms with Crippen molar-refractivity contribution >= 4 is 36.5 Å². The van der Waals surface area contributed by atoms with Gasteiger partial charge >= 0.3 is 6.01 Å². The van der Waals surface area contributed by atoms with Crippen molar-refractivity contribution in [2.24, 2.45) is 0 Å². The molecule has 0 bridgehead atoms. The van der Waals surface area contributed by atoms with Gasteiger partial charge in [0.05, 0.1) is 24.9 Å². The molecule has 1 amide bonds. The molecule has 1 fully saturated rings. The van der Waals surface area contributed by atoms with Crippen LogP contribution in [-0.4, -0.2) is 100 Å². The second-order valence-corrected chi connectivity index (χ2v) is 20.7. The van der Waals surface area contributed by atoms with E-state index in [4.69, 9.17) is 23.9 Å². The van der Waals surface area contributed by atoms with E-state index in [-0.39, 0.29) is 17.0 Å². The number of hydrogen-bond donors (Lipinski definition) is 0. The molecule has 0 radical (unpaired) electrons. The SMILES string of the molecule is C=CC(=O)N1CCN(c2nc(OCCN(C)C)nc3c2CCN(c2cc(OCc4ccccc4)cc4ccccc24)C3)C(CO[Si](C)(C)C(C)(C)C)C1. The Morgan fingerprint density at radius 3 is 2.49 bits per heavy atom. The number of ether oxygens (including phenoxy) is 2. The van der Waals surface area contributed by atoms with Crippen LogP contribution in [-0.2, 0) is 28.8 Å². The highest BCUT2D eigenvalue weighted by molar-refractivity contribution is 6.74. The molecule has 1 saturated heterocycles. The molecule has 0 saturated carbocycles. The van der Waals surface area contributed by atoms with Crippen LogP contribution < -0.4 is 19.3 Å². The van der Waals surface area contributed by atoms with Crippen LogP contribution in [0.1, 0.15) is 37.6 Å². The number of benzene rings is 3. The van der Waals surface area contributed by atoms with E-state index in [0.717, 1.165) is 59.0 Å². The number of amides is 1. The predicted octanol–water partition coefficient (Wildman–Crippen LogP) is 6.94. The highest BCUT2D eigenvalue weighted by Gasteiger charge is 2.40. The number of fused-ring (bicyclic) bond motifs is 2. The molecule has 282 valence electrons. The zero-order valence-electron chi connectivity index (χ0n) is 32.6. The lowest BCUT2D eigenvalue weighted by atomic mass is 10.0. The Morgan fingerprint density at radius 1 is 1.00 bits per heavy atom. The van der Waals surface area contributed by atoms with Crippen LogP contribution in [0.2, 0.25) is 18.1 Å². The molecular weight excluding hydrogens is 681 g/mol. The molecule has 1 atom stereocenters. The molecule has 4 aromatic rings. The van der Waals surface area contributed by atoms with E-state index >= 15 is 0 Å². The van der Waals surface area contributed by atoms with Crippen LogP contribution in [0.4, 0.5) is 11.5 Å². The second-order valence-electron chi connectivity index (χ2n) is 15.9. The third-order valence-corrected chi connectivity index (χ3v) is 15.4. The first-order valence-corrected chi connectivity index (χ1v) is 21.7. The Balaban J connectivity index is 1.35. The van der Waals surface area contributed by atoms with Gasteiger partial charge in [0.2, 0.25) is 5.91 Å². The van der Waals surface area contributed by atoms with Crippen LogP contribution in [0.15, 0.2) is 79.4 Å². The molecule has 0 spiro atoms. The lowest BCUT2D eigenvalue weighted by molar-refractivity contribution is -0.126. The van der Waals surface area contributed by atoms with E-state index in [2.05, 4.69) is 104 Å². The van der Waals surface area contributed by atoms with Crippen molar-refractivity contribution in [3.63, 3.8) is 0 Å². The Bertz CT molecular complexity index is 1900. The molecule has 3 aromatic carbocycles. The van der Waals surface area contributed by atoms with E-state index in [9.17, 15) is 4.79 Å². The van der Waals surface area contributed by atoms with Crippen LogP contribution in [0.5, 0.6) is 11.8 Å². The number of rotatable bonds is 13.